The van der Waals surface area contributed by atoms with E-state index in [0.717, 1.165) is 44.7 Å². The summed E-state index contributed by atoms with van der Waals surface area (Å²) in [6.45, 7) is 3.72. The van der Waals surface area contributed by atoms with E-state index in [0.29, 0.717) is 36.0 Å². The molecule has 37 heavy (non-hydrogen) atoms. The maximum Gasteiger partial charge on any atom is 0.309 e. The van der Waals surface area contributed by atoms with E-state index in [9.17, 15) is 9.59 Å². The van der Waals surface area contributed by atoms with Crippen LogP contribution in [-0.4, -0.2) is 84.4 Å². The van der Waals surface area contributed by atoms with Crippen LogP contribution in [0.2, 0.25) is 0 Å². The van der Waals surface area contributed by atoms with Gasteiger partial charge in [-0.05, 0) is 18.4 Å². The highest BCUT2D eigenvalue weighted by atomic mass is 16.5. The van der Waals surface area contributed by atoms with Gasteiger partial charge in [-0.1, -0.05) is 30.1 Å². The van der Waals surface area contributed by atoms with Crippen molar-refractivity contribution in [2.75, 3.05) is 51.4 Å². The molecule has 0 saturated carbocycles. The van der Waals surface area contributed by atoms with Crippen LogP contribution >= 0.6 is 0 Å². The number of pyridine rings is 1. The highest BCUT2D eigenvalue weighted by molar-refractivity contribution is 6.01. The molecule has 4 heterocycles. The maximum absolute atomic E-state index is 13.0. The van der Waals surface area contributed by atoms with Crippen molar-refractivity contribution in [3.8, 4) is 17.6 Å². The van der Waals surface area contributed by atoms with Crippen molar-refractivity contribution in [2.24, 2.45) is 0 Å². The van der Waals surface area contributed by atoms with Gasteiger partial charge in [0, 0.05) is 38.0 Å². The molecule has 5 rings (SSSR count). The van der Waals surface area contributed by atoms with Gasteiger partial charge in [-0.15, -0.1) is 10.2 Å². The van der Waals surface area contributed by atoms with Gasteiger partial charge in [-0.25, -0.2) is 4.98 Å². The second-order valence-electron chi connectivity index (χ2n) is 8.91. The average molecular weight is 505 g/mol. The SMILES string of the molecule is CN1C(=O)[C@@H](NC(=O)c2nnc(CC3=CCCC=C3)o2)COc2cc(C#CCN3CCOCC3)cnc21. The summed E-state index contributed by atoms with van der Waals surface area (Å²) in [4.78, 5) is 33.8. The first-order valence-electron chi connectivity index (χ1n) is 12.2. The number of anilines is 1. The van der Waals surface area contributed by atoms with E-state index in [-0.39, 0.29) is 18.4 Å². The van der Waals surface area contributed by atoms with Crippen molar-refractivity contribution < 1.29 is 23.5 Å². The molecule has 0 aromatic carbocycles. The number of morpholine rings is 1. The number of carbonyl (C=O) groups excluding carboxylic acids is 2. The fraction of sp³-hybridized carbons (Fsp3) is 0.423. The summed E-state index contributed by atoms with van der Waals surface area (Å²) >= 11 is 0. The summed E-state index contributed by atoms with van der Waals surface area (Å²) in [6.07, 6.45) is 10.2. The smallest absolute Gasteiger partial charge is 0.309 e. The molecule has 0 spiro atoms. The zero-order valence-electron chi connectivity index (χ0n) is 20.6. The van der Waals surface area contributed by atoms with Crippen LogP contribution in [0.15, 0.2) is 40.5 Å². The standard InChI is InChI=1S/C26H28N6O5/c1-31-23-21(14-19(16-27-23)8-5-9-32-10-12-35-13-11-32)36-17-20(26(31)34)28-24(33)25-30-29-22(37-25)15-18-6-3-2-4-7-18/h3,6-7,14,16,20H,2,4,9-13,15,17H2,1H3,(H,28,33)/t20-/m0/s1. The molecule has 1 saturated heterocycles. The van der Waals surface area contributed by atoms with Crippen LogP contribution < -0.4 is 15.0 Å². The van der Waals surface area contributed by atoms with Gasteiger partial charge in [-0.3, -0.25) is 19.4 Å². The maximum atomic E-state index is 13.0. The highest BCUT2D eigenvalue weighted by Crippen LogP contribution is 2.29. The van der Waals surface area contributed by atoms with Crippen LogP contribution in [0, 0.1) is 11.8 Å². The first-order chi connectivity index (χ1) is 18.1. The lowest BCUT2D eigenvalue weighted by Crippen LogP contribution is -2.49. The number of hydrogen-bond donors (Lipinski definition) is 1. The third-order valence-electron chi connectivity index (χ3n) is 6.22. The summed E-state index contributed by atoms with van der Waals surface area (Å²) in [5.41, 5.74) is 1.74. The van der Waals surface area contributed by atoms with E-state index in [2.05, 4.69) is 49.4 Å². The third-order valence-corrected chi connectivity index (χ3v) is 6.22. The first-order valence-corrected chi connectivity index (χ1v) is 12.2. The minimum absolute atomic E-state index is 0.0765. The first kappa shape index (κ1) is 24.7. The Balaban J connectivity index is 1.21. The highest BCUT2D eigenvalue weighted by Gasteiger charge is 2.33. The van der Waals surface area contributed by atoms with Gasteiger partial charge in [0.15, 0.2) is 11.6 Å². The molecule has 0 bridgehead atoms. The Morgan fingerprint density at radius 2 is 2.11 bits per heavy atom. The van der Waals surface area contributed by atoms with Gasteiger partial charge in [0.25, 0.3) is 5.91 Å². The number of aromatic nitrogens is 3. The van der Waals surface area contributed by atoms with E-state index in [4.69, 9.17) is 13.9 Å². The fourth-order valence-corrected chi connectivity index (χ4v) is 4.17. The van der Waals surface area contributed by atoms with Crippen molar-refractivity contribution in [3.63, 3.8) is 0 Å². The number of rotatable bonds is 5. The molecular weight excluding hydrogens is 476 g/mol. The summed E-state index contributed by atoms with van der Waals surface area (Å²) in [5.74, 6) is 6.14. The Morgan fingerprint density at radius 3 is 2.92 bits per heavy atom. The lowest BCUT2D eigenvalue weighted by molar-refractivity contribution is -0.120. The molecule has 2 aromatic heterocycles. The number of fused-ring (bicyclic) bond motifs is 1. The molecule has 1 atom stereocenters. The van der Waals surface area contributed by atoms with Gasteiger partial charge in [0.2, 0.25) is 5.89 Å². The van der Waals surface area contributed by atoms with Crippen molar-refractivity contribution in [2.45, 2.75) is 25.3 Å². The van der Waals surface area contributed by atoms with Gasteiger partial charge < -0.3 is 19.2 Å². The predicted molar refractivity (Wildman–Crippen MR) is 133 cm³/mol. The molecule has 1 fully saturated rings. The quantitative estimate of drug-likeness (QED) is 0.597. The van der Waals surface area contributed by atoms with Crippen molar-refractivity contribution in [1.82, 2.24) is 25.4 Å². The summed E-state index contributed by atoms with van der Waals surface area (Å²) in [5, 5.41) is 10.4. The number of nitrogens with zero attached hydrogens (tertiary/aromatic N) is 5. The Morgan fingerprint density at radius 1 is 1.24 bits per heavy atom. The van der Waals surface area contributed by atoms with Gasteiger partial charge in [0.1, 0.15) is 12.6 Å². The van der Waals surface area contributed by atoms with Gasteiger partial charge >= 0.3 is 11.8 Å². The summed E-state index contributed by atoms with van der Waals surface area (Å²) < 4.78 is 16.7. The predicted octanol–water partition coefficient (Wildman–Crippen LogP) is 1.12. The molecule has 2 aromatic rings. The zero-order valence-corrected chi connectivity index (χ0v) is 20.6. The lowest BCUT2D eigenvalue weighted by Gasteiger charge is -2.24. The number of likely N-dealkylation sites (N-methyl/N-ethyl adjacent to an activating group) is 1. The van der Waals surface area contributed by atoms with Crippen molar-refractivity contribution in [3.05, 3.63) is 53.4 Å². The van der Waals surface area contributed by atoms with Gasteiger partial charge in [-0.2, -0.15) is 0 Å². The Bertz CT molecular complexity index is 1280. The molecule has 192 valence electrons. The fourth-order valence-electron chi connectivity index (χ4n) is 4.17. The topological polar surface area (TPSA) is 123 Å². The summed E-state index contributed by atoms with van der Waals surface area (Å²) in [7, 11) is 1.59. The molecule has 2 aliphatic heterocycles. The van der Waals surface area contributed by atoms with E-state index >= 15 is 0 Å². The normalized spacial score (nSPS) is 19.7. The monoisotopic (exact) mass is 504 g/mol. The lowest BCUT2D eigenvalue weighted by atomic mass is 10.0. The van der Waals surface area contributed by atoms with Crippen LogP contribution in [0.3, 0.4) is 0 Å². The Hall–Kier alpha value is -4.01. The molecule has 11 heteroatoms. The average Bonchev–Trinajstić information content (AvgIpc) is 3.36. The molecule has 0 unspecified atom stereocenters. The number of hydrogen-bond acceptors (Lipinski definition) is 9. The van der Waals surface area contributed by atoms with E-state index < -0.39 is 11.9 Å². The molecule has 1 N–H and O–H groups in total. The van der Waals surface area contributed by atoms with E-state index in [1.165, 1.54) is 4.90 Å². The van der Waals surface area contributed by atoms with Crippen LogP contribution in [0.5, 0.6) is 5.75 Å². The van der Waals surface area contributed by atoms with E-state index in [1.807, 2.05) is 6.08 Å². The molecule has 3 aliphatic rings. The van der Waals surface area contributed by atoms with Crippen LogP contribution in [0.1, 0.15) is 35.0 Å². The largest absolute Gasteiger partial charge is 0.487 e. The summed E-state index contributed by atoms with van der Waals surface area (Å²) in [6, 6.07) is 0.795. The Kier molecular flexibility index (Phi) is 7.58. The second kappa shape index (κ2) is 11.4. The van der Waals surface area contributed by atoms with Crippen molar-refractivity contribution >= 4 is 17.6 Å². The van der Waals surface area contributed by atoms with Crippen LogP contribution in [0.4, 0.5) is 5.82 Å². The molecule has 11 nitrogen and oxygen atoms in total. The van der Waals surface area contributed by atoms with Crippen LogP contribution in [0.25, 0.3) is 0 Å². The number of nitrogens with one attached hydrogen (secondary N) is 1. The number of ether oxygens (including phenoxy) is 2. The molecule has 2 amide bonds. The molecule has 1 aliphatic carbocycles. The molecular formula is C26H28N6O5. The number of carbonyl (C=O) groups is 2. The number of amides is 2. The van der Waals surface area contributed by atoms with Crippen LogP contribution in [-0.2, 0) is 16.0 Å². The Labute approximate surface area is 214 Å². The minimum atomic E-state index is -0.957. The third kappa shape index (κ3) is 6.04. The molecule has 0 radical (unpaired) electrons. The number of allylic oxidation sites excluding steroid dienone is 4. The minimum Gasteiger partial charge on any atom is -0.487 e. The van der Waals surface area contributed by atoms with E-state index in [1.54, 1.807) is 19.3 Å². The van der Waals surface area contributed by atoms with Crippen molar-refractivity contribution in [1.29, 1.82) is 0 Å². The zero-order chi connectivity index (χ0) is 25.6. The second-order valence-corrected chi connectivity index (χ2v) is 8.91. The van der Waals surface area contributed by atoms with Gasteiger partial charge in [0.05, 0.1) is 26.2 Å².